The minimum atomic E-state index is -0.638. The molecule has 8 nitrogen and oxygen atoms in total. The number of aryl methyl sites for hydroxylation is 1. The maximum Gasteiger partial charge on any atom is 0.266 e. The zero-order valence-corrected chi connectivity index (χ0v) is 15.8. The number of methoxy groups -OCH3 is 1. The molecular formula is C20H17FN4O4. The van der Waals surface area contributed by atoms with Crippen LogP contribution in [0.25, 0.3) is 0 Å². The second kappa shape index (κ2) is 7.34. The Morgan fingerprint density at radius 2 is 2.00 bits per heavy atom. The summed E-state index contributed by atoms with van der Waals surface area (Å²) in [6.07, 6.45) is 1.55. The molecule has 0 radical (unpaired) electrons. The predicted molar refractivity (Wildman–Crippen MR) is 102 cm³/mol. The Bertz CT molecular complexity index is 1140. The highest BCUT2D eigenvalue weighted by Gasteiger charge is 2.31. The van der Waals surface area contributed by atoms with Crippen molar-refractivity contribution in [1.82, 2.24) is 14.8 Å². The average molecular weight is 396 g/mol. The summed E-state index contributed by atoms with van der Waals surface area (Å²) in [4.78, 5) is 29.7. The molecule has 148 valence electrons. The molecule has 9 heteroatoms. The molecule has 0 saturated heterocycles. The van der Waals surface area contributed by atoms with Gasteiger partial charge in [0.1, 0.15) is 12.4 Å². The van der Waals surface area contributed by atoms with Crippen LogP contribution in [0.2, 0.25) is 0 Å². The molecule has 0 unspecified atom stereocenters. The van der Waals surface area contributed by atoms with Gasteiger partial charge in [-0.2, -0.15) is 5.10 Å². The van der Waals surface area contributed by atoms with Gasteiger partial charge in [-0.15, -0.1) is 0 Å². The quantitative estimate of drug-likeness (QED) is 0.656. The molecule has 1 aliphatic heterocycles. The molecule has 0 aliphatic carbocycles. The van der Waals surface area contributed by atoms with Crippen LogP contribution in [0, 0.1) is 5.82 Å². The molecular weight excluding hydrogens is 379 g/mol. The van der Waals surface area contributed by atoms with Crippen molar-refractivity contribution in [2.24, 2.45) is 7.05 Å². The zero-order valence-electron chi connectivity index (χ0n) is 15.8. The molecule has 2 aromatic heterocycles. The number of benzene rings is 1. The van der Waals surface area contributed by atoms with Crippen LogP contribution in [0.1, 0.15) is 21.6 Å². The van der Waals surface area contributed by atoms with Gasteiger partial charge in [0.2, 0.25) is 0 Å². The average Bonchev–Trinajstić information content (AvgIpc) is 3.04. The van der Waals surface area contributed by atoms with Crippen LogP contribution in [0.3, 0.4) is 0 Å². The molecule has 0 N–H and O–H groups in total. The predicted octanol–water partition coefficient (Wildman–Crippen LogP) is 2.06. The summed E-state index contributed by atoms with van der Waals surface area (Å²) in [6.45, 7) is 0.274. The first-order valence-corrected chi connectivity index (χ1v) is 8.76. The van der Waals surface area contributed by atoms with E-state index in [2.05, 4.69) is 10.1 Å². The summed E-state index contributed by atoms with van der Waals surface area (Å²) < 4.78 is 26.2. The number of carbonyl (C=O) groups is 1. The number of ether oxygens (including phenoxy) is 2. The third kappa shape index (κ3) is 3.54. The lowest BCUT2D eigenvalue weighted by Crippen LogP contribution is -2.28. The van der Waals surface area contributed by atoms with Gasteiger partial charge in [0.15, 0.2) is 17.4 Å². The monoisotopic (exact) mass is 396 g/mol. The van der Waals surface area contributed by atoms with Crippen molar-refractivity contribution in [2.45, 2.75) is 13.2 Å². The number of fused-ring (bicyclic) bond motifs is 1. The third-order valence-corrected chi connectivity index (χ3v) is 4.59. The van der Waals surface area contributed by atoms with E-state index in [1.807, 2.05) is 0 Å². The van der Waals surface area contributed by atoms with E-state index < -0.39 is 5.82 Å². The largest absolute Gasteiger partial charge is 0.495 e. The van der Waals surface area contributed by atoms with Gasteiger partial charge in [0.05, 0.1) is 25.5 Å². The minimum absolute atomic E-state index is 0.0319. The van der Waals surface area contributed by atoms with Crippen molar-refractivity contribution in [2.75, 3.05) is 12.0 Å². The van der Waals surface area contributed by atoms with Gasteiger partial charge in [-0.05, 0) is 35.9 Å². The lowest BCUT2D eigenvalue weighted by molar-refractivity contribution is 0.0995. The van der Waals surface area contributed by atoms with E-state index in [9.17, 15) is 14.0 Å². The van der Waals surface area contributed by atoms with Gasteiger partial charge >= 0.3 is 0 Å². The van der Waals surface area contributed by atoms with Crippen LogP contribution >= 0.6 is 0 Å². The van der Waals surface area contributed by atoms with Gasteiger partial charge in [-0.3, -0.25) is 19.5 Å². The number of anilines is 1. The maximum absolute atomic E-state index is 14.5. The van der Waals surface area contributed by atoms with E-state index in [0.717, 1.165) is 10.7 Å². The summed E-state index contributed by atoms with van der Waals surface area (Å²) in [5.74, 6) is -0.0552. The molecule has 29 heavy (non-hydrogen) atoms. The molecule has 0 bridgehead atoms. The van der Waals surface area contributed by atoms with Crippen LogP contribution < -0.4 is 19.9 Å². The fourth-order valence-electron chi connectivity index (χ4n) is 3.01. The normalized spacial score (nSPS) is 12.8. The SMILES string of the molecule is COc1ccc(COc2cc3c(cc2F)C(=O)N(c2ccc(=O)n(C)n2)C3)nc1. The number of halogens is 1. The van der Waals surface area contributed by atoms with Crippen LogP contribution in [0.5, 0.6) is 11.5 Å². The maximum atomic E-state index is 14.5. The highest BCUT2D eigenvalue weighted by molar-refractivity contribution is 6.09. The number of hydrogen-bond acceptors (Lipinski definition) is 6. The Morgan fingerprint density at radius 1 is 1.17 bits per heavy atom. The summed E-state index contributed by atoms with van der Waals surface area (Å²) in [5.41, 5.74) is 1.18. The topological polar surface area (TPSA) is 86.5 Å². The number of amides is 1. The number of hydrogen-bond donors (Lipinski definition) is 0. The number of pyridine rings is 1. The van der Waals surface area contributed by atoms with Crippen LogP contribution in [0.15, 0.2) is 47.4 Å². The Balaban J connectivity index is 1.55. The van der Waals surface area contributed by atoms with E-state index in [1.165, 1.54) is 30.1 Å². The molecule has 0 saturated carbocycles. The second-order valence-electron chi connectivity index (χ2n) is 6.46. The van der Waals surface area contributed by atoms with Crippen molar-refractivity contribution in [3.8, 4) is 11.5 Å². The molecule has 0 fully saturated rings. The lowest BCUT2D eigenvalue weighted by Gasteiger charge is -2.14. The Labute approximate surface area is 165 Å². The summed E-state index contributed by atoms with van der Waals surface area (Å²) in [5, 5.41) is 4.09. The van der Waals surface area contributed by atoms with Crippen molar-refractivity contribution >= 4 is 11.7 Å². The first kappa shape index (κ1) is 18.6. The van der Waals surface area contributed by atoms with Gasteiger partial charge in [0, 0.05) is 18.7 Å². The fourth-order valence-corrected chi connectivity index (χ4v) is 3.01. The Kier molecular flexibility index (Phi) is 4.71. The molecule has 3 heterocycles. The van der Waals surface area contributed by atoms with E-state index >= 15 is 0 Å². The van der Waals surface area contributed by atoms with Gasteiger partial charge < -0.3 is 9.47 Å². The minimum Gasteiger partial charge on any atom is -0.495 e. The van der Waals surface area contributed by atoms with E-state index in [0.29, 0.717) is 22.8 Å². The third-order valence-electron chi connectivity index (χ3n) is 4.59. The molecule has 1 aliphatic rings. The first-order valence-electron chi connectivity index (χ1n) is 8.76. The van der Waals surface area contributed by atoms with Gasteiger partial charge in [0.25, 0.3) is 11.5 Å². The fraction of sp³-hybridized carbons (Fsp3) is 0.200. The highest BCUT2D eigenvalue weighted by atomic mass is 19.1. The smallest absolute Gasteiger partial charge is 0.266 e. The Morgan fingerprint density at radius 3 is 2.69 bits per heavy atom. The van der Waals surface area contributed by atoms with Crippen LogP contribution in [-0.2, 0) is 20.2 Å². The second-order valence-corrected chi connectivity index (χ2v) is 6.46. The van der Waals surface area contributed by atoms with E-state index in [4.69, 9.17) is 9.47 Å². The van der Waals surface area contributed by atoms with Gasteiger partial charge in [-0.25, -0.2) is 9.07 Å². The molecule has 0 spiro atoms. The molecule has 1 amide bonds. The molecule has 3 aromatic rings. The summed E-state index contributed by atoms with van der Waals surface area (Å²) >= 11 is 0. The molecule has 4 rings (SSSR count). The number of nitrogens with zero attached hydrogens (tertiary/aromatic N) is 4. The first-order chi connectivity index (χ1) is 14.0. The number of carbonyl (C=O) groups excluding carboxylic acids is 1. The van der Waals surface area contributed by atoms with Crippen molar-refractivity contribution in [3.05, 3.63) is 75.6 Å². The molecule has 0 atom stereocenters. The van der Waals surface area contributed by atoms with Crippen LogP contribution in [-0.4, -0.2) is 27.8 Å². The van der Waals surface area contributed by atoms with E-state index in [-0.39, 0.29) is 35.9 Å². The Hall–Kier alpha value is -3.75. The number of rotatable bonds is 5. The van der Waals surface area contributed by atoms with Crippen molar-refractivity contribution < 1.29 is 18.7 Å². The van der Waals surface area contributed by atoms with E-state index in [1.54, 1.807) is 25.4 Å². The summed E-state index contributed by atoms with van der Waals surface area (Å²) in [7, 11) is 3.04. The summed E-state index contributed by atoms with van der Waals surface area (Å²) in [6, 6.07) is 8.93. The van der Waals surface area contributed by atoms with Crippen molar-refractivity contribution in [1.29, 1.82) is 0 Å². The standard InChI is InChI=1S/C20H17FN4O4/c1-24-19(26)6-5-18(23-24)25-10-12-7-17(16(21)8-15(12)20(25)27)29-11-13-3-4-14(28-2)9-22-13/h3-9H,10-11H2,1-2H3. The molecule has 1 aromatic carbocycles. The van der Waals surface area contributed by atoms with Crippen LogP contribution in [0.4, 0.5) is 10.2 Å². The van der Waals surface area contributed by atoms with Crippen molar-refractivity contribution in [3.63, 3.8) is 0 Å². The lowest BCUT2D eigenvalue weighted by atomic mass is 10.1. The highest BCUT2D eigenvalue weighted by Crippen LogP contribution is 2.31. The van der Waals surface area contributed by atoms with Gasteiger partial charge in [-0.1, -0.05) is 0 Å². The number of aromatic nitrogens is 3. The zero-order chi connectivity index (χ0) is 20.5.